The monoisotopic (exact) mass is 361 g/mol. The Hall–Kier alpha value is -1.59. The standard InChI is InChI=1S/C21H35N3O2/c1-17(2)19-4-6-20(7-5-19)26-15-12-23-21(25)16-24-13-9-18(10-14-24)8-11-22-3/h4-7,17-18,22H,8-16H2,1-3H3,(H,23,25). The lowest BCUT2D eigenvalue weighted by Gasteiger charge is -2.31. The van der Waals surface area contributed by atoms with Gasteiger partial charge in [0.2, 0.25) is 5.91 Å². The maximum absolute atomic E-state index is 12.1. The van der Waals surface area contributed by atoms with Gasteiger partial charge in [0.05, 0.1) is 13.1 Å². The molecule has 5 heteroatoms. The molecule has 1 aliphatic heterocycles. The van der Waals surface area contributed by atoms with Crippen LogP contribution in [0.1, 0.15) is 44.6 Å². The zero-order valence-corrected chi connectivity index (χ0v) is 16.6. The first kappa shape index (κ1) is 20.7. The molecule has 0 atom stereocenters. The number of likely N-dealkylation sites (tertiary alicyclic amines) is 1. The Morgan fingerprint density at radius 2 is 1.88 bits per heavy atom. The van der Waals surface area contributed by atoms with Crippen LogP contribution in [0.15, 0.2) is 24.3 Å². The largest absolute Gasteiger partial charge is 0.492 e. The predicted molar refractivity (Wildman–Crippen MR) is 107 cm³/mol. The van der Waals surface area contributed by atoms with Gasteiger partial charge >= 0.3 is 0 Å². The molecule has 146 valence electrons. The third kappa shape index (κ3) is 7.34. The molecule has 2 rings (SSSR count). The first-order valence-electron chi connectivity index (χ1n) is 9.95. The van der Waals surface area contributed by atoms with Crippen molar-refractivity contribution in [2.45, 2.75) is 39.0 Å². The van der Waals surface area contributed by atoms with E-state index in [1.807, 2.05) is 19.2 Å². The van der Waals surface area contributed by atoms with Crippen LogP contribution in [0.25, 0.3) is 0 Å². The van der Waals surface area contributed by atoms with Crippen molar-refractivity contribution in [1.82, 2.24) is 15.5 Å². The van der Waals surface area contributed by atoms with Gasteiger partial charge in [-0.3, -0.25) is 9.69 Å². The van der Waals surface area contributed by atoms with Crippen molar-refractivity contribution in [2.24, 2.45) is 5.92 Å². The normalized spacial score (nSPS) is 16.0. The summed E-state index contributed by atoms with van der Waals surface area (Å²) in [6, 6.07) is 8.18. The summed E-state index contributed by atoms with van der Waals surface area (Å²) < 4.78 is 5.70. The van der Waals surface area contributed by atoms with Crippen LogP contribution in [0.3, 0.4) is 0 Å². The average molecular weight is 362 g/mol. The van der Waals surface area contributed by atoms with Crippen molar-refractivity contribution in [1.29, 1.82) is 0 Å². The fourth-order valence-electron chi connectivity index (χ4n) is 3.35. The molecule has 5 nitrogen and oxygen atoms in total. The number of benzene rings is 1. The smallest absolute Gasteiger partial charge is 0.234 e. The fourth-order valence-corrected chi connectivity index (χ4v) is 3.35. The van der Waals surface area contributed by atoms with E-state index in [1.165, 1.54) is 24.8 Å². The van der Waals surface area contributed by atoms with Crippen molar-refractivity contribution >= 4 is 5.91 Å². The van der Waals surface area contributed by atoms with Crippen LogP contribution in [0.4, 0.5) is 0 Å². The number of nitrogens with zero attached hydrogens (tertiary/aromatic N) is 1. The second-order valence-corrected chi connectivity index (χ2v) is 7.53. The lowest BCUT2D eigenvalue weighted by atomic mass is 9.93. The van der Waals surface area contributed by atoms with E-state index >= 15 is 0 Å². The maximum Gasteiger partial charge on any atom is 0.234 e. The van der Waals surface area contributed by atoms with E-state index in [0.717, 1.165) is 31.3 Å². The van der Waals surface area contributed by atoms with Gasteiger partial charge in [-0.1, -0.05) is 26.0 Å². The Kier molecular flexibility index (Phi) is 8.92. The Morgan fingerprint density at radius 1 is 1.19 bits per heavy atom. The molecule has 0 saturated carbocycles. The summed E-state index contributed by atoms with van der Waals surface area (Å²) in [5.74, 6) is 2.28. The summed E-state index contributed by atoms with van der Waals surface area (Å²) in [5, 5.41) is 6.18. The van der Waals surface area contributed by atoms with Crippen LogP contribution in [0.5, 0.6) is 5.75 Å². The van der Waals surface area contributed by atoms with E-state index in [1.54, 1.807) is 0 Å². The zero-order valence-electron chi connectivity index (χ0n) is 16.6. The van der Waals surface area contributed by atoms with E-state index in [2.05, 4.69) is 41.5 Å². The summed E-state index contributed by atoms with van der Waals surface area (Å²) in [7, 11) is 2.00. The van der Waals surface area contributed by atoms with Crippen LogP contribution in [0.2, 0.25) is 0 Å². The minimum atomic E-state index is 0.0948. The first-order valence-corrected chi connectivity index (χ1v) is 9.95. The van der Waals surface area contributed by atoms with Gasteiger partial charge in [0, 0.05) is 0 Å². The number of carbonyl (C=O) groups excluding carboxylic acids is 1. The second kappa shape index (κ2) is 11.2. The van der Waals surface area contributed by atoms with Crippen LogP contribution in [-0.2, 0) is 4.79 Å². The molecule has 1 aromatic carbocycles. The minimum Gasteiger partial charge on any atom is -0.492 e. The lowest BCUT2D eigenvalue weighted by molar-refractivity contribution is -0.122. The van der Waals surface area contributed by atoms with E-state index in [-0.39, 0.29) is 5.91 Å². The minimum absolute atomic E-state index is 0.0948. The molecular formula is C21H35N3O2. The second-order valence-electron chi connectivity index (χ2n) is 7.53. The Balaban J connectivity index is 1.56. The number of rotatable bonds is 10. The molecule has 1 amide bonds. The summed E-state index contributed by atoms with van der Waals surface area (Å²) in [4.78, 5) is 14.3. The molecule has 26 heavy (non-hydrogen) atoms. The van der Waals surface area contributed by atoms with Gasteiger partial charge in [-0.05, 0) is 75.5 Å². The number of ether oxygens (including phenoxy) is 1. The summed E-state index contributed by atoms with van der Waals surface area (Å²) in [6.07, 6.45) is 3.64. The van der Waals surface area contributed by atoms with E-state index in [0.29, 0.717) is 25.6 Å². The van der Waals surface area contributed by atoms with E-state index in [9.17, 15) is 4.79 Å². The molecule has 1 aliphatic rings. The zero-order chi connectivity index (χ0) is 18.8. The molecule has 0 radical (unpaired) electrons. The molecule has 1 saturated heterocycles. The van der Waals surface area contributed by atoms with Gasteiger partial charge in [0.1, 0.15) is 12.4 Å². The summed E-state index contributed by atoms with van der Waals surface area (Å²) >= 11 is 0. The molecule has 0 bridgehead atoms. The van der Waals surface area contributed by atoms with Crippen molar-refractivity contribution in [3.8, 4) is 5.75 Å². The molecule has 0 unspecified atom stereocenters. The van der Waals surface area contributed by atoms with Crippen LogP contribution >= 0.6 is 0 Å². The Labute approximate surface area is 158 Å². The SMILES string of the molecule is CNCCC1CCN(CC(=O)NCCOc2ccc(C(C)C)cc2)CC1. The summed E-state index contributed by atoms with van der Waals surface area (Å²) in [5.41, 5.74) is 1.31. The lowest BCUT2D eigenvalue weighted by Crippen LogP contribution is -2.42. The number of amides is 1. The van der Waals surface area contributed by atoms with Gasteiger partial charge < -0.3 is 15.4 Å². The van der Waals surface area contributed by atoms with Crippen molar-refractivity contribution < 1.29 is 9.53 Å². The molecule has 1 fully saturated rings. The van der Waals surface area contributed by atoms with Gasteiger partial charge in [-0.15, -0.1) is 0 Å². The number of hydrogen-bond donors (Lipinski definition) is 2. The maximum atomic E-state index is 12.1. The van der Waals surface area contributed by atoms with E-state index < -0.39 is 0 Å². The van der Waals surface area contributed by atoms with Crippen LogP contribution in [-0.4, -0.2) is 57.2 Å². The molecule has 1 aromatic rings. The highest BCUT2D eigenvalue weighted by Crippen LogP contribution is 2.20. The van der Waals surface area contributed by atoms with Crippen molar-refractivity contribution in [2.75, 3.05) is 46.4 Å². The van der Waals surface area contributed by atoms with Gasteiger partial charge in [-0.2, -0.15) is 0 Å². The fraction of sp³-hybridized carbons (Fsp3) is 0.667. The molecule has 0 aromatic heterocycles. The van der Waals surface area contributed by atoms with E-state index in [4.69, 9.17) is 4.74 Å². The van der Waals surface area contributed by atoms with Gasteiger partial charge in [0.25, 0.3) is 0 Å². The van der Waals surface area contributed by atoms with Crippen molar-refractivity contribution in [3.63, 3.8) is 0 Å². The summed E-state index contributed by atoms with van der Waals surface area (Å²) in [6.45, 7) is 9.04. The highest BCUT2D eigenvalue weighted by molar-refractivity contribution is 5.78. The molecule has 0 aliphatic carbocycles. The molecule has 1 heterocycles. The van der Waals surface area contributed by atoms with Crippen LogP contribution in [0, 0.1) is 5.92 Å². The average Bonchev–Trinajstić information content (AvgIpc) is 2.65. The number of hydrogen-bond acceptors (Lipinski definition) is 4. The molecular weight excluding hydrogens is 326 g/mol. The quantitative estimate of drug-likeness (QED) is 0.629. The molecule has 2 N–H and O–H groups in total. The van der Waals surface area contributed by atoms with Crippen molar-refractivity contribution in [3.05, 3.63) is 29.8 Å². The first-order chi connectivity index (χ1) is 12.6. The third-order valence-electron chi connectivity index (χ3n) is 5.12. The Bertz CT molecular complexity index is 523. The predicted octanol–water partition coefficient (Wildman–Crippen LogP) is 2.63. The Morgan fingerprint density at radius 3 is 2.50 bits per heavy atom. The van der Waals surface area contributed by atoms with Crippen LogP contribution < -0.4 is 15.4 Å². The van der Waals surface area contributed by atoms with Gasteiger partial charge in [0.15, 0.2) is 0 Å². The number of carbonyl (C=O) groups is 1. The molecule has 0 spiro atoms. The highest BCUT2D eigenvalue weighted by atomic mass is 16.5. The highest BCUT2D eigenvalue weighted by Gasteiger charge is 2.20. The van der Waals surface area contributed by atoms with Gasteiger partial charge in [-0.25, -0.2) is 0 Å². The topological polar surface area (TPSA) is 53.6 Å². The number of nitrogens with one attached hydrogen (secondary N) is 2. The third-order valence-corrected chi connectivity index (χ3v) is 5.12. The number of piperidine rings is 1.